The van der Waals surface area contributed by atoms with Gasteiger partial charge >= 0.3 is 0 Å². The van der Waals surface area contributed by atoms with E-state index in [1.165, 1.54) is 0 Å². The van der Waals surface area contributed by atoms with E-state index in [2.05, 4.69) is 5.32 Å². The molecule has 0 aliphatic rings. The number of amides is 1. The average Bonchev–Trinajstić information content (AvgIpc) is 2.49. The number of rotatable bonds is 5. The molecular formula is C16H17ClN2O. The Morgan fingerprint density at radius 2 is 1.65 bits per heavy atom. The third kappa shape index (κ3) is 4.08. The molecular weight excluding hydrogens is 272 g/mol. The molecule has 2 rings (SSSR count). The molecule has 0 aromatic heterocycles. The minimum atomic E-state index is -0.572. The molecule has 0 saturated heterocycles. The Bertz CT molecular complexity index is 554. The largest absolute Gasteiger partial charge is 0.325 e. The van der Waals surface area contributed by atoms with Gasteiger partial charge in [-0.3, -0.25) is 4.79 Å². The van der Waals surface area contributed by atoms with Gasteiger partial charge in [-0.05, 0) is 29.7 Å². The summed E-state index contributed by atoms with van der Waals surface area (Å²) in [6.45, 7) is 0. The molecule has 0 spiro atoms. The summed E-state index contributed by atoms with van der Waals surface area (Å²) in [7, 11) is 0. The van der Waals surface area contributed by atoms with Crippen LogP contribution in [0.4, 0.5) is 5.69 Å². The molecule has 0 radical (unpaired) electrons. The van der Waals surface area contributed by atoms with E-state index in [-0.39, 0.29) is 5.91 Å². The lowest BCUT2D eigenvalue weighted by Crippen LogP contribution is -2.37. The normalized spacial score (nSPS) is 11.9. The van der Waals surface area contributed by atoms with Crippen molar-refractivity contribution < 1.29 is 4.79 Å². The highest BCUT2D eigenvalue weighted by atomic mass is 35.5. The maximum atomic E-state index is 12.0. The first kappa shape index (κ1) is 14.6. The van der Waals surface area contributed by atoms with E-state index < -0.39 is 6.04 Å². The number of hydrogen-bond donors (Lipinski definition) is 2. The average molecular weight is 289 g/mol. The van der Waals surface area contributed by atoms with Gasteiger partial charge in [0.25, 0.3) is 0 Å². The smallest absolute Gasteiger partial charge is 0.241 e. The Morgan fingerprint density at radius 3 is 2.25 bits per heavy atom. The number of benzene rings is 2. The first-order valence-corrected chi connectivity index (χ1v) is 6.98. The van der Waals surface area contributed by atoms with Crippen LogP contribution in [0.15, 0.2) is 54.6 Å². The number of carbonyl (C=O) groups is 1. The standard InChI is InChI=1S/C16H17ClN2O/c17-11-13-8-6-12(7-9-13)10-15(18)16(20)19-14-4-2-1-3-5-14/h1-9,15H,10-11,18H2,(H,19,20)/t15-/m0/s1. The molecule has 0 fully saturated rings. The molecule has 3 N–H and O–H groups in total. The van der Waals surface area contributed by atoms with Crippen LogP contribution in [0.3, 0.4) is 0 Å². The highest BCUT2D eigenvalue weighted by Gasteiger charge is 2.14. The topological polar surface area (TPSA) is 55.1 Å². The van der Waals surface area contributed by atoms with Gasteiger partial charge in [-0.1, -0.05) is 42.5 Å². The number of alkyl halides is 1. The maximum absolute atomic E-state index is 12.0. The van der Waals surface area contributed by atoms with Crippen LogP contribution in [-0.4, -0.2) is 11.9 Å². The summed E-state index contributed by atoms with van der Waals surface area (Å²) in [6, 6.07) is 16.5. The quantitative estimate of drug-likeness (QED) is 0.831. The number of hydrogen-bond acceptors (Lipinski definition) is 2. The zero-order valence-corrected chi connectivity index (χ0v) is 11.8. The zero-order valence-electron chi connectivity index (χ0n) is 11.1. The molecule has 3 nitrogen and oxygen atoms in total. The molecule has 0 unspecified atom stereocenters. The summed E-state index contributed by atoms with van der Waals surface area (Å²) in [5.74, 6) is 0.304. The Morgan fingerprint density at radius 1 is 1.05 bits per heavy atom. The molecule has 1 amide bonds. The fourth-order valence-electron chi connectivity index (χ4n) is 1.87. The highest BCUT2D eigenvalue weighted by molar-refractivity contribution is 6.17. The first-order valence-electron chi connectivity index (χ1n) is 6.44. The lowest BCUT2D eigenvalue weighted by atomic mass is 10.0. The van der Waals surface area contributed by atoms with Gasteiger partial charge in [0, 0.05) is 11.6 Å². The van der Waals surface area contributed by atoms with Crippen molar-refractivity contribution in [3.05, 3.63) is 65.7 Å². The summed E-state index contributed by atoms with van der Waals surface area (Å²) in [5.41, 5.74) is 8.76. The number of carbonyl (C=O) groups excluding carboxylic acids is 1. The minimum Gasteiger partial charge on any atom is -0.325 e. The van der Waals surface area contributed by atoms with E-state index in [4.69, 9.17) is 17.3 Å². The highest BCUT2D eigenvalue weighted by Crippen LogP contribution is 2.10. The Kier molecular flexibility index (Phi) is 5.16. The maximum Gasteiger partial charge on any atom is 0.241 e. The van der Waals surface area contributed by atoms with Crippen LogP contribution in [0.2, 0.25) is 0 Å². The number of anilines is 1. The minimum absolute atomic E-state index is 0.183. The fraction of sp³-hybridized carbons (Fsp3) is 0.188. The molecule has 0 aliphatic heterocycles. The number of para-hydroxylation sites is 1. The van der Waals surface area contributed by atoms with Crippen molar-refractivity contribution in [1.29, 1.82) is 0 Å². The van der Waals surface area contributed by atoms with Gasteiger partial charge in [-0.2, -0.15) is 0 Å². The van der Waals surface area contributed by atoms with Crippen molar-refractivity contribution in [3.8, 4) is 0 Å². The molecule has 0 heterocycles. The van der Waals surface area contributed by atoms with Gasteiger partial charge in [-0.15, -0.1) is 11.6 Å². The number of halogens is 1. The third-order valence-corrected chi connectivity index (χ3v) is 3.32. The van der Waals surface area contributed by atoms with Crippen molar-refractivity contribution >= 4 is 23.2 Å². The van der Waals surface area contributed by atoms with Crippen LogP contribution in [0.5, 0.6) is 0 Å². The molecule has 4 heteroatoms. The van der Waals surface area contributed by atoms with Gasteiger partial charge < -0.3 is 11.1 Å². The summed E-state index contributed by atoms with van der Waals surface area (Å²) < 4.78 is 0. The van der Waals surface area contributed by atoms with Gasteiger partial charge in [-0.25, -0.2) is 0 Å². The Labute approximate surface area is 123 Å². The second-order valence-corrected chi connectivity index (χ2v) is 4.88. The lowest BCUT2D eigenvalue weighted by molar-refractivity contribution is -0.117. The molecule has 0 aliphatic carbocycles. The monoisotopic (exact) mass is 288 g/mol. The second kappa shape index (κ2) is 7.08. The van der Waals surface area contributed by atoms with Crippen molar-refractivity contribution in [2.24, 2.45) is 5.73 Å². The number of nitrogens with one attached hydrogen (secondary N) is 1. The molecule has 0 bridgehead atoms. The van der Waals surface area contributed by atoms with E-state index in [0.29, 0.717) is 12.3 Å². The van der Waals surface area contributed by atoms with Crippen LogP contribution in [0.1, 0.15) is 11.1 Å². The van der Waals surface area contributed by atoms with Crippen molar-refractivity contribution in [1.82, 2.24) is 0 Å². The van der Waals surface area contributed by atoms with Crippen molar-refractivity contribution in [2.45, 2.75) is 18.3 Å². The SMILES string of the molecule is N[C@@H](Cc1ccc(CCl)cc1)C(=O)Nc1ccccc1. The van der Waals surface area contributed by atoms with Crippen molar-refractivity contribution in [3.63, 3.8) is 0 Å². The van der Waals surface area contributed by atoms with Crippen LogP contribution >= 0.6 is 11.6 Å². The van der Waals surface area contributed by atoms with Crippen LogP contribution in [-0.2, 0) is 17.1 Å². The predicted molar refractivity (Wildman–Crippen MR) is 82.8 cm³/mol. The Balaban J connectivity index is 1.93. The predicted octanol–water partition coefficient (Wildman–Crippen LogP) is 2.93. The molecule has 104 valence electrons. The molecule has 0 saturated carbocycles. The fourth-order valence-corrected chi connectivity index (χ4v) is 2.05. The first-order chi connectivity index (χ1) is 9.69. The number of nitrogens with two attached hydrogens (primary N) is 1. The summed E-state index contributed by atoms with van der Waals surface area (Å²) in [5, 5.41) is 2.80. The molecule has 2 aromatic carbocycles. The van der Waals surface area contributed by atoms with Gasteiger partial charge in [0.05, 0.1) is 6.04 Å². The zero-order chi connectivity index (χ0) is 14.4. The van der Waals surface area contributed by atoms with Crippen LogP contribution in [0.25, 0.3) is 0 Å². The summed E-state index contributed by atoms with van der Waals surface area (Å²) in [6.07, 6.45) is 0.501. The van der Waals surface area contributed by atoms with Gasteiger partial charge in [0.1, 0.15) is 0 Å². The van der Waals surface area contributed by atoms with Gasteiger partial charge in [0.2, 0.25) is 5.91 Å². The molecule has 1 atom stereocenters. The van der Waals surface area contributed by atoms with Crippen LogP contribution in [0, 0.1) is 0 Å². The summed E-state index contributed by atoms with van der Waals surface area (Å²) in [4.78, 5) is 12.0. The van der Waals surface area contributed by atoms with E-state index in [9.17, 15) is 4.79 Å². The second-order valence-electron chi connectivity index (χ2n) is 4.62. The van der Waals surface area contributed by atoms with E-state index >= 15 is 0 Å². The summed E-state index contributed by atoms with van der Waals surface area (Å²) >= 11 is 5.74. The molecule has 20 heavy (non-hydrogen) atoms. The van der Waals surface area contributed by atoms with Gasteiger partial charge in [0.15, 0.2) is 0 Å². The van der Waals surface area contributed by atoms with Crippen LogP contribution < -0.4 is 11.1 Å². The van der Waals surface area contributed by atoms with Crippen molar-refractivity contribution in [2.75, 3.05) is 5.32 Å². The van der Waals surface area contributed by atoms with E-state index in [0.717, 1.165) is 16.8 Å². The Hall–Kier alpha value is -1.84. The van der Waals surface area contributed by atoms with E-state index in [1.54, 1.807) is 0 Å². The lowest BCUT2D eigenvalue weighted by Gasteiger charge is -2.12. The van der Waals surface area contributed by atoms with E-state index in [1.807, 2.05) is 54.6 Å². The third-order valence-electron chi connectivity index (χ3n) is 3.01. The molecule has 2 aromatic rings.